The molecule has 90 valence electrons. The Morgan fingerprint density at radius 3 is 2.78 bits per heavy atom. The smallest absolute Gasteiger partial charge is 0.277 e. The van der Waals surface area contributed by atoms with Crippen molar-refractivity contribution in [2.45, 2.75) is 6.92 Å². The van der Waals surface area contributed by atoms with E-state index in [0.29, 0.717) is 16.9 Å². The third kappa shape index (κ3) is 2.24. The molecule has 0 fully saturated rings. The normalized spacial score (nSPS) is 9.83. The maximum atomic E-state index is 12.2. The van der Waals surface area contributed by atoms with Gasteiger partial charge in [0, 0.05) is 12.4 Å². The van der Waals surface area contributed by atoms with E-state index in [4.69, 9.17) is 5.26 Å². The van der Waals surface area contributed by atoms with Crippen molar-refractivity contribution < 1.29 is 4.79 Å². The van der Waals surface area contributed by atoms with Gasteiger partial charge in [-0.3, -0.25) is 4.79 Å². The molecule has 0 aliphatic heterocycles. The van der Waals surface area contributed by atoms with Crippen molar-refractivity contribution in [1.29, 1.82) is 5.26 Å². The van der Waals surface area contributed by atoms with E-state index in [0.717, 1.165) is 5.01 Å². The number of carbonyl (C=O) groups excluding carboxylic acids is 1. The number of carbonyl (C=O) groups is 1. The van der Waals surface area contributed by atoms with Gasteiger partial charge in [0.2, 0.25) is 0 Å². The molecule has 0 aliphatic rings. The van der Waals surface area contributed by atoms with Crippen LogP contribution in [0.2, 0.25) is 0 Å². The number of aryl methyl sites for hydroxylation is 1. The number of para-hydroxylation sites is 1. The minimum Gasteiger partial charge on any atom is -0.309 e. The number of aromatic nitrogens is 1. The first kappa shape index (κ1) is 12.3. The van der Waals surface area contributed by atoms with Crippen LogP contribution in [-0.4, -0.2) is 17.9 Å². The zero-order valence-corrected chi connectivity index (χ0v) is 10.9. The fraction of sp³-hybridized carbons (Fsp3) is 0.154. The first-order valence-corrected chi connectivity index (χ1v) is 6.20. The van der Waals surface area contributed by atoms with Crippen LogP contribution in [0.3, 0.4) is 0 Å². The quantitative estimate of drug-likeness (QED) is 0.831. The van der Waals surface area contributed by atoms with E-state index >= 15 is 0 Å². The van der Waals surface area contributed by atoms with E-state index in [-0.39, 0.29) is 5.91 Å². The molecular formula is C13H11N3OS. The number of nitrogens with zero attached hydrogens (tertiary/aromatic N) is 3. The first-order chi connectivity index (χ1) is 8.63. The van der Waals surface area contributed by atoms with Crippen molar-refractivity contribution in [3.63, 3.8) is 0 Å². The minimum atomic E-state index is -0.206. The van der Waals surface area contributed by atoms with Crippen molar-refractivity contribution in [1.82, 2.24) is 4.98 Å². The Morgan fingerprint density at radius 1 is 1.44 bits per heavy atom. The third-order valence-corrected chi connectivity index (χ3v) is 3.30. The van der Waals surface area contributed by atoms with Crippen LogP contribution in [0.25, 0.3) is 0 Å². The number of anilines is 1. The highest BCUT2D eigenvalue weighted by molar-refractivity contribution is 7.09. The molecule has 0 unspecified atom stereocenters. The van der Waals surface area contributed by atoms with Crippen LogP contribution < -0.4 is 4.90 Å². The first-order valence-electron chi connectivity index (χ1n) is 5.33. The molecule has 0 saturated carbocycles. The van der Waals surface area contributed by atoms with Crippen LogP contribution in [0, 0.1) is 18.3 Å². The van der Waals surface area contributed by atoms with E-state index in [1.54, 1.807) is 36.7 Å². The molecule has 1 heterocycles. The monoisotopic (exact) mass is 257 g/mol. The number of amides is 1. The summed E-state index contributed by atoms with van der Waals surface area (Å²) in [6.07, 6.45) is 0. The van der Waals surface area contributed by atoms with Crippen LogP contribution in [0.4, 0.5) is 5.69 Å². The number of benzene rings is 1. The van der Waals surface area contributed by atoms with E-state index < -0.39 is 0 Å². The van der Waals surface area contributed by atoms with Gasteiger partial charge in [-0.25, -0.2) is 4.98 Å². The predicted octanol–water partition coefficient (Wildman–Crippen LogP) is 2.60. The second kappa shape index (κ2) is 4.98. The number of rotatable bonds is 2. The predicted molar refractivity (Wildman–Crippen MR) is 70.7 cm³/mol. The molecule has 5 heteroatoms. The van der Waals surface area contributed by atoms with Crippen LogP contribution >= 0.6 is 11.3 Å². The standard InChI is InChI=1S/C13H11N3OS/c1-9-15-11(8-18-9)13(17)16(2)12-6-4-3-5-10(12)7-14/h3-6,8H,1-2H3. The molecular weight excluding hydrogens is 246 g/mol. The third-order valence-electron chi connectivity index (χ3n) is 2.53. The van der Waals surface area contributed by atoms with E-state index in [9.17, 15) is 4.79 Å². The van der Waals surface area contributed by atoms with Gasteiger partial charge in [-0.2, -0.15) is 5.26 Å². The van der Waals surface area contributed by atoms with Crippen molar-refractivity contribution in [3.05, 3.63) is 45.9 Å². The van der Waals surface area contributed by atoms with Crippen LogP contribution in [0.15, 0.2) is 29.6 Å². The lowest BCUT2D eigenvalue weighted by Gasteiger charge is -2.17. The summed E-state index contributed by atoms with van der Waals surface area (Å²) in [7, 11) is 1.65. The zero-order valence-electron chi connectivity index (χ0n) is 10.0. The van der Waals surface area contributed by atoms with Gasteiger partial charge in [0.1, 0.15) is 11.8 Å². The van der Waals surface area contributed by atoms with Gasteiger partial charge < -0.3 is 4.90 Å². The molecule has 18 heavy (non-hydrogen) atoms. The maximum absolute atomic E-state index is 12.2. The Labute approximate surface area is 109 Å². The van der Waals surface area contributed by atoms with Gasteiger partial charge >= 0.3 is 0 Å². The highest BCUT2D eigenvalue weighted by Crippen LogP contribution is 2.20. The average Bonchev–Trinajstić information content (AvgIpc) is 2.83. The number of nitriles is 1. The molecule has 0 atom stereocenters. The highest BCUT2D eigenvalue weighted by atomic mass is 32.1. The van der Waals surface area contributed by atoms with Crippen LogP contribution in [0.1, 0.15) is 21.1 Å². The second-order valence-corrected chi connectivity index (χ2v) is 4.81. The molecule has 0 bridgehead atoms. The fourth-order valence-electron chi connectivity index (χ4n) is 1.60. The summed E-state index contributed by atoms with van der Waals surface area (Å²) in [6, 6.07) is 9.08. The number of hydrogen-bond donors (Lipinski definition) is 0. The Kier molecular flexibility index (Phi) is 3.40. The topological polar surface area (TPSA) is 57.0 Å². The van der Waals surface area contributed by atoms with E-state index in [1.807, 2.05) is 6.92 Å². The molecule has 0 N–H and O–H groups in total. The van der Waals surface area contributed by atoms with Crippen molar-refractivity contribution in [2.75, 3.05) is 11.9 Å². The molecule has 0 radical (unpaired) electrons. The van der Waals surface area contributed by atoms with Gasteiger partial charge in [0.15, 0.2) is 0 Å². The van der Waals surface area contributed by atoms with E-state index in [2.05, 4.69) is 11.1 Å². The molecule has 0 aliphatic carbocycles. The maximum Gasteiger partial charge on any atom is 0.277 e. The molecule has 2 rings (SSSR count). The molecule has 1 aromatic heterocycles. The minimum absolute atomic E-state index is 0.206. The highest BCUT2D eigenvalue weighted by Gasteiger charge is 2.18. The molecule has 2 aromatic rings. The molecule has 0 saturated heterocycles. The second-order valence-electron chi connectivity index (χ2n) is 3.74. The fourth-order valence-corrected chi connectivity index (χ4v) is 2.19. The van der Waals surface area contributed by atoms with Gasteiger partial charge in [-0.1, -0.05) is 12.1 Å². The summed E-state index contributed by atoms with van der Waals surface area (Å²) >= 11 is 1.43. The van der Waals surface area contributed by atoms with Gasteiger partial charge in [0.25, 0.3) is 5.91 Å². The summed E-state index contributed by atoms with van der Waals surface area (Å²) in [6.45, 7) is 1.85. The van der Waals surface area contributed by atoms with Crippen molar-refractivity contribution >= 4 is 22.9 Å². The summed E-state index contributed by atoms with van der Waals surface area (Å²) in [5.41, 5.74) is 1.48. The summed E-state index contributed by atoms with van der Waals surface area (Å²) in [4.78, 5) is 17.8. The van der Waals surface area contributed by atoms with Gasteiger partial charge in [0.05, 0.1) is 16.3 Å². The summed E-state index contributed by atoms with van der Waals surface area (Å²) < 4.78 is 0. The summed E-state index contributed by atoms with van der Waals surface area (Å²) in [5.74, 6) is -0.206. The lowest BCUT2D eigenvalue weighted by atomic mass is 10.2. The zero-order chi connectivity index (χ0) is 13.1. The average molecular weight is 257 g/mol. The molecule has 1 amide bonds. The van der Waals surface area contributed by atoms with Crippen molar-refractivity contribution in [3.8, 4) is 6.07 Å². The number of hydrogen-bond acceptors (Lipinski definition) is 4. The Balaban J connectivity index is 2.34. The number of thiazole rings is 1. The SMILES string of the molecule is Cc1nc(C(=O)N(C)c2ccccc2C#N)cs1. The van der Waals surface area contributed by atoms with Gasteiger partial charge in [-0.15, -0.1) is 11.3 Å². The lowest BCUT2D eigenvalue weighted by molar-refractivity contribution is 0.0988. The van der Waals surface area contributed by atoms with E-state index in [1.165, 1.54) is 16.2 Å². The van der Waals surface area contributed by atoms with Crippen LogP contribution in [0.5, 0.6) is 0 Å². The Bertz CT molecular complexity index is 627. The molecule has 0 spiro atoms. The molecule has 4 nitrogen and oxygen atoms in total. The lowest BCUT2D eigenvalue weighted by Crippen LogP contribution is -2.27. The summed E-state index contributed by atoms with van der Waals surface area (Å²) in [5, 5.41) is 11.6. The van der Waals surface area contributed by atoms with Crippen LogP contribution in [-0.2, 0) is 0 Å². The Morgan fingerprint density at radius 2 is 2.17 bits per heavy atom. The Hall–Kier alpha value is -2.19. The molecule has 1 aromatic carbocycles. The van der Waals surface area contributed by atoms with Crippen molar-refractivity contribution in [2.24, 2.45) is 0 Å². The largest absolute Gasteiger partial charge is 0.309 e. The van der Waals surface area contributed by atoms with Gasteiger partial charge in [-0.05, 0) is 19.1 Å².